The van der Waals surface area contributed by atoms with Crippen LogP contribution in [0.5, 0.6) is 0 Å². The fourth-order valence-electron chi connectivity index (χ4n) is 2.28. The van der Waals surface area contributed by atoms with Gasteiger partial charge in [-0.3, -0.25) is 9.59 Å². The number of rotatable bonds is 7. The lowest BCUT2D eigenvalue weighted by atomic mass is 10.1. The van der Waals surface area contributed by atoms with Gasteiger partial charge in [-0.05, 0) is 31.2 Å². The van der Waals surface area contributed by atoms with Crippen LogP contribution in [0.3, 0.4) is 0 Å². The number of nitrogens with one attached hydrogen (secondary N) is 2. The van der Waals surface area contributed by atoms with Crippen molar-refractivity contribution in [2.45, 2.75) is 30.5 Å². The van der Waals surface area contributed by atoms with E-state index < -0.39 is 23.9 Å². The maximum Gasteiger partial charge on any atom is 0.398 e. The van der Waals surface area contributed by atoms with Crippen molar-refractivity contribution in [3.63, 3.8) is 0 Å². The standard InChI is InChI=1S/C19H19F3N2O2S/c1-13(23-18(26)14-7-3-2-4-8-14)11-17(25)24-15-9-5-6-10-16(15)27-12-19(20,21)22/h2-10,13H,11-12H2,1H3,(H,23,26)(H,24,25). The van der Waals surface area contributed by atoms with E-state index in [2.05, 4.69) is 10.6 Å². The van der Waals surface area contributed by atoms with Gasteiger partial charge in [-0.15, -0.1) is 11.8 Å². The largest absolute Gasteiger partial charge is 0.398 e. The van der Waals surface area contributed by atoms with Crippen LogP contribution in [0.4, 0.5) is 18.9 Å². The number of amides is 2. The van der Waals surface area contributed by atoms with E-state index in [0.29, 0.717) is 27.9 Å². The summed E-state index contributed by atoms with van der Waals surface area (Å²) >= 11 is 0.613. The molecular formula is C19H19F3N2O2S. The second-order valence-electron chi connectivity index (χ2n) is 5.89. The Kier molecular flexibility index (Phi) is 7.29. The van der Waals surface area contributed by atoms with E-state index in [1.807, 2.05) is 0 Å². The lowest BCUT2D eigenvalue weighted by Gasteiger charge is -2.15. The molecule has 1 unspecified atom stereocenters. The molecule has 0 heterocycles. The van der Waals surface area contributed by atoms with Gasteiger partial charge in [0.05, 0.1) is 11.4 Å². The summed E-state index contributed by atoms with van der Waals surface area (Å²) in [5, 5.41) is 5.33. The van der Waals surface area contributed by atoms with Gasteiger partial charge >= 0.3 is 6.18 Å². The maximum atomic E-state index is 12.4. The number of carbonyl (C=O) groups excluding carboxylic acids is 2. The Hall–Kier alpha value is -2.48. The second kappa shape index (κ2) is 9.45. The van der Waals surface area contributed by atoms with Crippen molar-refractivity contribution in [1.29, 1.82) is 0 Å². The smallest absolute Gasteiger partial charge is 0.349 e. The molecule has 0 radical (unpaired) electrons. The predicted octanol–water partition coefficient (Wildman–Crippen LogP) is 4.49. The zero-order chi connectivity index (χ0) is 19.9. The molecule has 8 heteroatoms. The Bertz CT molecular complexity index is 782. The Morgan fingerprint density at radius 2 is 1.67 bits per heavy atom. The fourth-order valence-corrected chi connectivity index (χ4v) is 3.05. The van der Waals surface area contributed by atoms with Gasteiger partial charge in [0.2, 0.25) is 5.91 Å². The van der Waals surface area contributed by atoms with Crippen LogP contribution >= 0.6 is 11.8 Å². The van der Waals surface area contributed by atoms with Crippen LogP contribution in [-0.2, 0) is 4.79 Å². The summed E-state index contributed by atoms with van der Waals surface area (Å²) in [4.78, 5) is 24.6. The molecule has 1 atom stereocenters. The first-order valence-electron chi connectivity index (χ1n) is 8.19. The molecule has 0 saturated heterocycles. The number of thioether (sulfide) groups is 1. The predicted molar refractivity (Wildman–Crippen MR) is 99.8 cm³/mol. The monoisotopic (exact) mass is 396 g/mol. The summed E-state index contributed by atoms with van der Waals surface area (Å²) in [6.45, 7) is 1.69. The van der Waals surface area contributed by atoms with Crippen molar-refractivity contribution in [1.82, 2.24) is 5.32 Å². The summed E-state index contributed by atoms with van der Waals surface area (Å²) in [6.07, 6.45) is -4.30. The Morgan fingerprint density at radius 1 is 1.04 bits per heavy atom. The first-order valence-corrected chi connectivity index (χ1v) is 9.17. The molecule has 2 rings (SSSR count). The van der Waals surface area contributed by atoms with E-state index in [0.717, 1.165) is 0 Å². The van der Waals surface area contributed by atoms with Gasteiger partial charge < -0.3 is 10.6 Å². The summed E-state index contributed by atoms with van der Waals surface area (Å²) in [5.41, 5.74) is 0.803. The van der Waals surface area contributed by atoms with Gasteiger partial charge in [-0.25, -0.2) is 0 Å². The molecule has 0 aromatic heterocycles. The molecule has 2 amide bonds. The van der Waals surface area contributed by atoms with E-state index in [4.69, 9.17) is 0 Å². The molecule has 0 aliphatic heterocycles. The zero-order valence-corrected chi connectivity index (χ0v) is 15.4. The van der Waals surface area contributed by atoms with Crippen molar-refractivity contribution in [3.8, 4) is 0 Å². The molecule has 27 heavy (non-hydrogen) atoms. The number of benzene rings is 2. The molecule has 0 fully saturated rings. The highest BCUT2D eigenvalue weighted by atomic mass is 32.2. The average Bonchev–Trinajstić information content (AvgIpc) is 2.60. The number of hydrogen-bond acceptors (Lipinski definition) is 3. The molecule has 4 nitrogen and oxygen atoms in total. The van der Waals surface area contributed by atoms with Gasteiger partial charge in [0.1, 0.15) is 0 Å². The van der Waals surface area contributed by atoms with Crippen LogP contribution in [0.2, 0.25) is 0 Å². The summed E-state index contributed by atoms with van der Waals surface area (Å²) < 4.78 is 37.3. The highest BCUT2D eigenvalue weighted by Gasteiger charge is 2.27. The number of para-hydroxylation sites is 1. The highest BCUT2D eigenvalue weighted by molar-refractivity contribution is 7.99. The number of alkyl halides is 3. The molecule has 0 aliphatic carbocycles. The Balaban J connectivity index is 1.91. The van der Waals surface area contributed by atoms with Crippen molar-refractivity contribution >= 4 is 29.3 Å². The van der Waals surface area contributed by atoms with Crippen molar-refractivity contribution in [3.05, 3.63) is 60.2 Å². The summed E-state index contributed by atoms with van der Waals surface area (Å²) in [6, 6.07) is 14.5. The van der Waals surface area contributed by atoms with Crippen LogP contribution in [0.25, 0.3) is 0 Å². The molecule has 0 bridgehead atoms. The maximum absolute atomic E-state index is 12.4. The molecule has 0 spiro atoms. The van der Waals surface area contributed by atoms with Crippen LogP contribution < -0.4 is 10.6 Å². The van der Waals surface area contributed by atoms with Gasteiger partial charge in [0, 0.05) is 22.9 Å². The molecule has 0 aliphatic rings. The number of halogens is 3. The van der Waals surface area contributed by atoms with Crippen LogP contribution in [0.15, 0.2) is 59.5 Å². The number of anilines is 1. The van der Waals surface area contributed by atoms with Crippen LogP contribution in [-0.4, -0.2) is 29.8 Å². The third-order valence-corrected chi connectivity index (χ3v) is 4.60. The van der Waals surface area contributed by atoms with Crippen molar-refractivity contribution in [2.75, 3.05) is 11.1 Å². The fraction of sp³-hybridized carbons (Fsp3) is 0.263. The molecule has 0 saturated carbocycles. The third-order valence-electron chi connectivity index (χ3n) is 3.46. The van der Waals surface area contributed by atoms with E-state index in [1.165, 1.54) is 6.07 Å². The van der Waals surface area contributed by atoms with Gasteiger partial charge in [-0.1, -0.05) is 30.3 Å². The Morgan fingerprint density at radius 3 is 2.33 bits per heavy atom. The molecule has 2 aromatic rings. The lowest BCUT2D eigenvalue weighted by molar-refractivity contribution is -0.116. The SMILES string of the molecule is CC(CC(=O)Nc1ccccc1SCC(F)(F)F)NC(=O)c1ccccc1. The van der Waals surface area contributed by atoms with E-state index in [-0.39, 0.29) is 12.3 Å². The topological polar surface area (TPSA) is 58.2 Å². The molecule has 144 valence electrons. The zero-order valence-electron chi connectivity index (χ0n) is 14.5. The molecule has 2 N–H and O–H groups in total. The van der Waals surface area contributed by atoms with Crippen LogP contribution in [0.1, 0.15) is 23.7 Å². The molecule has 2 aromatic carbocycles. The Labute approximate surface area is 159 Å². The van der Waals surface area contributed by atoms with E-state index in [1.54, 1.807) is 55.5 Å². The minimum Gasteiger partial charge on any atom is -0.349 e. The van der Waals surface area contributed by atoms with Crippen molar-refractivity contribution in [2.24, 2.45) is 0 Å². The normalized spacial score (nSPS) is 12.3. The average molecular weight is 396 g/mol. The summed E-state index contributed by atoms with van der Waals surface area (Å²) in [5.74, 6) is -1.73. The summed E-state index contributed by atoms with van der Waals surface area (Å²) in [7, 11) is 0. The molecular weight excluding hydrogens is 377 g/mol. The first-order chi connectivity index (χ1) is 12.7. The van der Waals surface area contributed by atoms with E-state index in [9.17, 15) is 22.8 Å². The van der Waals surface area contributed by atoms with Gasteiger partial charge in [0.15, 0.2) is 0 Å². The third kappa shape index (κ3) is 7.34. The minimum absolute atomic E-state index is 0.00313. The van der Waals surface area contributed by atoms with Crippen molar-refractivity contribution < 1.29 is 22.8 Å². The van der Waals surface area contributed by atoms with Gasteiger partial charge in [-0.2, -0.15) is 13.2 Å². The quantitative estimate of drug-likeness (QED) is 0.678. The van der Waals surface area contributed by atoms with Crippen LogP contribution in [0, 0.1) is 0 Å². The van der Waals surface area contributed by atoms with E-state index >= 15 is 0 Å². The second-order valence-corrected chi connectivity index (χ2v) is 6.91. The van der Waals surface area contributed by atoms with Gasteiger partial charge in [0.25, 0.3) is 5.91 Å². The number of carbonyl (C=O) groups is 2. The highest BCUT2D eigenvalue weighted by Crippen LogP contribution is 2.32. The minimum atomic E-state index is -4.29. The lowest BCUT2D eigenvalue weighted by Crippen LogP contribution is -2.35. The first kappa shape index (κ1) is 20.8. The number of hydrogen-bond donors (Lipinski definition) is 2.